The molecule has 0 fully saturated rings. The lowest BCUT2D eigenvalue weighted by atomic mass is 10.1. The number of hydrogen-bond donors (Lipinski definition) is 0. The molecule has 0 aliphatic carbocycles. The fraction of sp³-hybridized carbons (Fsp3) is 0.238. The van der Waals surface area contributed by atoms with E-state index in [2.05, 4.69) is 9.88 Å². The molecule has 0 spiro atoms. The Morgan fingerprint density at radius 2 is 1.89 bits per heavy atom. The Bertz CT molecular complexity index is 991. The molecule has 6 nitrogen and oxygen atoms in total. The zero-order valence-electron chi connectivity index (χ0n) is 15.0. The molecule has 6 heteroatoms. The van der Waals surface area contributed by atoms with E-state index in [-0.39, 0.29) is 6.79 Å². The minimum Gasteiger partial charge on any atom is -0.496 e. The molecule has 136 valence electrons. The van der Waals surface area contributed by atoms with Crippen molar-refractivity contribution < 1.29 is 14.2 Å². The van der Waals surface area contributed by atoms with Crippen molar-refractivity contribution in [1.82, 2.24) is 14.9 Å². The number of rotatable bonds is 4. The highest BCUT2D eigenvalue weighted by atomic mass is 16.7. The minimum absolute atomic E-state index is 0.259. The topological polar surface area (TPSA) is 56.7 Å². The molecular formula is C21H19N3O3. The number of benzene rings is 2. The first kappa shape index (κ1) is 16.1. The highest BCUT2D eigenvalue weighted by Gasteiger charge is 2.24. The van der Waals surface area contributed by atoms with Gasteiger partial charge in [0.15, 0.2) is 17.3 Å². The number of methoxy groups -OCH3 is 1. The molecule has 0 amide bonds. The van der Waals surface area contributed by atoms with Gasteiger partial charge in [0.1, 0.15) is 5.75 Å². The maximum Gasteiger partial charge on any atom is 0.231 e. The third kappa shape index (κ3) is 2.98. The molecule has 27 heavy (non-hydrogen) atoms. The van der Waals surface area contributed by atoms with Crippen molar-refractivity contribution in [3.05, 3.63) is 65.5 Å². The molecule has 1 aromatic heterocycles. The summed E-state index contributed by atoms with van der Waals surface area (Å²) in [6.45, 7) is 2.61. The van der Waals surface area contributed by atoms with Crippen LogP contribution < -0.4 is 14.2 Å². The molecule has 2 aliphatic rings. The van der Waals surface area contributed by atoms with E-state index in [1.54, 1.807) is 7.11 Å². The van der Waals surface area contributed by atoms with Crippen LogP contribution in [0.15, 0.2) is 48.7 Å². The Balaban J connectivity index is 1.37. The summed E-state index contributed by atoms with van der Waals surface area (Å²) in [7, 11) is 1.68. The Morgan fingerprint density at radius 1 is 1.07 bits per heavy atom. The number of aromatic nitrogens is 2. The van der Waals surface area contributed by atoms with Gasteiger partial charge < -0.3 is 14.2 Å². The number of ether oxygens (including phenoxy) is 3. The third-order valence-corrected chi connectivity index (χ3v) is 4.92. The standard InChI is InChI=1S/C21H19N3O3/c1-25-18-8-20-19(26-13-27-20)7-15(18)10-24-11-16-9-22-21(23-17(16)12-24)14-5-3-2-4-6-14/h2-9H,10-13H2,1H3. The molecule has 0 N–H and O–H groups in total. The van der Waals surface area contributed by atoms with Gasteiger partial charge in [0, 0.05) is 48.6 Å². The lowest BCUT2D eigenvalue weighted by Gasteiger charge is -2.17. The van der Waals surface area contributed by atoms with E-state index in [1.807, 2.05) is 48.7 Å². The summed E-state index contributed by atoms with van der Waals surface area (Å²) in [6, 6.07) is 14.0. The summed E-state index contributed by atoms with van der Waals surface area (Å²) in [6.07, 6.45) is 1.95. The molecular weight excluding hydrogens is 342 g/mol. The molecule has 0 atom stereocenters. The predicted octanol–water partition coefficient (Wildman–Crippen LogP) is 3.40. The van der Waals surface area contributed by atoms with Crippen molar-refractivity contribution in [2.75, 3.05) is 13.9 Å². The third-order valence-electron chi connectivity index (χ3n) is 4.92. The first-order chi connectivity index (χ1) is 13.3. The van der Waals surface area contributed by atoms with Gasteiger partial charge in [-0.05, 0) is 6.07 Å². The SMILES string of the molecule is COc1cc2c(cc1CN1Cc3cnc(-c4ccccc4)nc3C1)OCO2. The van der Waals surface area contributed by atoms with Gasteiger partial charge in [-0.3, -0.25) is 4.90 Å². The first-order valence-corrected chi connectivity index (χ1v) is 8.89. The summed E-state index contributed by atoms with van der Waals surface area (Å²) in [5, 5.41) is 0. The zero-order chi connectivity index (χ0) is 18.2. The lowest BCUT2D eigenvalue weighted by molar-refractivity contribution is 0.173. The van der Waals surface area contributed by atoms with Crippen LogP contribution in [0.1, 0.15) is 16.8 Å². The van der Waals surface area contributed by atoms with Crippen LogP contribution in [0.2, 0.25) is 0 Å². The quantitative estimate of drug-likeness (QED) is 0.710. The Morgan fingerprint density at radius 3 is 2.70 bits per heavy atom. The van der Waals surface area contributed by atoms with Gasteiger partial charge in [-0.15, -0.1) is 0 Å². The van der Waals surface area contributed by atoms with Gasteiger partial charge >= 0.3 is 0 Å². The smallest absolute Gasteiger partial charge is 0.231 e. The molecule has 0 saturated heterocycles. The average Bonchev–Trinajstić information content (AvgIpc) is 3.33. The van der Waals surface area contributed by atoms with E-state index in [9.17, 15) is 0 Å². The fourth-order valence-electron chi connectivity index (χ4n) is 3.58. The van der Waals surface area contributed by atoms with Crippen LogP contribution in [0.4, 0.5) is 0 Å². The van der Waals surface area contributed by atoms with Gasteiger partial charge in [-0.25, -0.2) is 9.97 Å². The van der Waals surface area contributed by atoms with Crippen LogP contribution in [-0.2, 0) is 19.6 Å². The normalized spacial score (nSPS) is 15.0. The van der Waals surface area contributed by atoms with Gasteiger partial charge in [-0.2, -0.15) is 0 Å². The van der Waals surface area contributed by atoms with Gasteiger partial charge in [0.25, 0.3) is 0 Å². The van der Waals surface area contributed by atoms with E-state index in [4.69, 9.17) is 19.2 Å². The van der Waals surface area contributed by atoms with Gasteiger partial charge in [0.05, 0.1) is 12.8 Å². The predicted molar refractivity (Wildman–Crippen MR) is 99.5 cm³/mol. The molecule has 5 rings (SSSR count). The van der Waals surface area contributed by atoms with E-state index in [1.165, 1.54) is 5.56 Å². The molecule has 2 aliphatic heterocycles. The summed E-state index contributed by atoms with van der Waals surface area (Å²) in [5.41, 5.74) is 4.37. The summed E-state index contributed by atoms with van der Waals surface area (Å²) < 4.78 is 16.5. The fourth-order valence-corrected chi connectivity index (χ4v) is 3.58. The molecule has 3 aromatic rings. The van der Waals surface area contributed by atoms with Crippen molar-refractivity contribution in [2.24, 2.45) is 0 Å². The van der Waals surface area contributed by atoms with Crippen LogP contribution in [-0.4, -0.2) is 28.8 Å². The molecule has 2 aromatic carbocycles. The molecule has 0 bridgehead atoms. The minimum atomic E-state index is 0.259. The first-order valence-electron chi connectivity index (χ1n) is 8.89. The van der Waals surface area contributed by atoms with Crippen LogP contribution in [0.5, 0.6) is 17.2 Å². The van der Waals surface area contributed by atoms with Crippen molar-refractivity contribution in [3.8, 4) is 28.6 Å². The van der Waals surface area contributed by atoms with Crippen molar-refractivity contribution in [2.45, 2.75) is 19.6 Å². The Kier molecular flexibility index (Phi) is 3.90. The molecule has 0 saturated carbocycles. The van der Waals surface area contributed by atoms with Crippen LogP contribution in [0.25, 0.3) is 11.4 Å². The number of hydrogen-bond acceptors (Lipinski definition) is 6. The van der Waals surface area contributed by atoms with E-state index in [0.29, 0.717) is 0 Å². The van der Waals surface area contributed by atoms with Gasteiger partial charge in [-0.1, -0.05) is 30.3 Å². The van der Waals surface area contributed by atoms with Crippen LogP contribution in [0.3, 0.4) is 0 Å². The highest BCUT2D eigenvalue weighted by Crippen LogP contribution is 2.39. The summed E-state index contributed by atoms with van der Waals surface area (Å²) in [5.74, 6) is 3.09. The monoisotopic (exact) mass is 361 g/mol. The Labute approximate surface area is 157 Å². The number of fused-ring (bicyclic) bond motifs is 2. The summed E-state index contributed by atoms with van der Waals surface area (Å²) >= 11 is 0. The summed E-state index contributed by atoms with van der Waals surface area (Å²) in [4.78, 5) is 11.7. The second kappa shape index (κ2) is 6.55. The van der Waals surface area contributed by atoms with Crippen LogP contribution in [0, 0.1) is 0 Å². The Hall–Kier alpha value is -3.12. The molecule has 3 heterocycles. The van der Waals surface area contributed by atoms with Crippen LogP contribution >= 0.6 is 0 Å². The van der Waals surface area contributed by atoms with E-state index >= 15 is 0 Å². The highest BCUT2D eigenvalue weighted by molar-refractivity contribution is 5.55. The second-order valence-electron chi connectivity index (χ2n) is 6.69. The molecule has 0 unspecified atom stereocenters. The zero-order valence-corrected chi connectivity index (χ0v) is 15.0. The molecule has 0 radical (unpaired) electrons. The maximum atomic E-state index is 5.54. The van der Waals surface area contributed by atoms with Gasteiger partial charge in [0.2, 0.25) is 6.79 Å². The van der Waals surface area contributed by atoms with E-state index in [0.717, 1.165) is 59.5 Å². The maximum absolute atomic E-state index is 5.54. The number of nitrogens with zero attached hydrogens (tertiary/aromatic N) is 3. The van der Waals surface area contributed by atoms with E-state index < -0.39 is 0 Å². The van der Waals surface area contributed by atoms with Crippen molar-refractivity contribution in [3.63, 3.8) is 0 Å². The average molecular weight is 361 g/mol. The second-order valence-corrected chi connectivity index (χ2v) is 6.69. The lowest BCUT2D eigenvalue weighted by Crippen LogP contribution is -2.16. The van der Waals surface area contributed by atoms with Crippen molar-refractivity contribution in [1.29, 1.82) is 0 Å². The largest absolute Gasteiger partial charge is 0.496 e. The van der Waals surface area contributed by atoms with Crippen molar-refractivity contribution >= 4 is 0 Å².